The number of halogens is 3. The van der Waals surface area contributed by atoms with E-state index in [9.17, 15) is 8.78 Å². The van der Waals surface area contributed by atoms with Gasteiger partial charge in [-0.15, -0.1) is 0 Å². The van der Waals surface area contributed by atoms with Crippen molar-refractivity contribution in [2.24, 2.45) is 5.92 Å². The quantitative estimate of drug-likeness (QED) is 0.595. The largest absolute Gasteiger partial charge is 0.501 e. The third-order valence-corrected chi connectivity index (χ3v) is 6.57. The first-order valence-corrected chi connectivity index (χ1v) is 10.6. The van der Waals surface area contributed by atoms with E-state index in [1.165, 1.54) is 7.11 Å². The molecule has 1 heterocycles. The lowest BCUT2D eigenvalue weighted by Crippen LogP contribution is -2.51. The maximum absolute atomic E-state index is 14.6. The zero-order chi connectivity index (χ0) is 21.3. The van der Waals surface area contributed by atoms with Crippen LogP contribution < -0.4 is 5.73 Å². The minimum absolute atomic E-state index is 0.0656. The second kappa shape index (κ2) is 8.74. The fraction of sp³-hybridized carbons (Fsp3) is 0.545. The van der Waals surface area contributed by atoms with Crippen LogP contribution in [0, 0.1) is 12.8 Å². The van der Waals surface area contributed by atoms with Crippen LogP contribution in [0.1, 0.15) is 36.1 Å². The zero-order valence-corrected chi connectivity index (χ0v) is 18.9. The van der Waals surface area contributed by atoms with Crippen molar-refractivity contribution in [3.63, 3.8) is 0 Å². The number of hydrogen-bond donors (Lipinski definition) is 1. The first kappa shape index (κ1) is 22.2. The van der Waals surface area contributed by atoms with Gasteiger partial charge in [0.25, 0.3) is 5.92 Å². The van der Waals surface area contributed by atoms with Crippen molar-refractivity contribution >= 4 is 21.6 Å². The fourth-order valence-electron chi connectivity index (χ4n) is 4.59. The molecule has 0 saturated carbocycles. The number of nitrogens with two attached hydrogens (primary N) is 1. The maximum Gasteiger partial charge on any atom is 0.283 e. The van der Waals surface area contributed by atoms with Crippen molar-refractivity contribution in [3.8, 4) is 0 Å². The van der Waals surface area contributed by atoms with Gasteiger partial charge in [-0.05, 0) is 55.5 Å². The Morgan fingerprint density at radius 3 is 2.69 bits per heavy atom. The lowest BCUT2D eigenvalue weighted by atomic mass is 9.77. The summed E-state index contributed by atoms with van der Waals surface area (Å²) in [6, 6.07) is 3.58. The molecule has 0 radical (unpaired) electrons. The van der Waals surface area contributed by atoms with E-state index in [0.29, 0.717) is 12.8 Å². The first-order chi connectivity index (χ1) is 13.7. The van der Waals surface area contributed by atoms with E-state index in [2.05, 4.69) is 22.0 Å². The number of alkyl halides is 2. The number of anilines is 1. The second-order valence-electron chi connectivity index (χ2n) is 7.99. The number of methoxy groups -OCH3 is 2. The number of hydrogen-bond acceptors (Lipinski definition) is 4. The Balaban J connectivity index is 2.10. The summed E-state index contributed by atoms with van der Waals surface area (Å²) >= 11 is 3.51. The van der Waals surface area contributed by atoms with Gasteiger partial charge in [-0.3, -0.25) is 4.90 Å². The zero-order valence-electron chi connectivity index (χ0n) is 17.3. The Labute approximate surface area is 179 Å². The van der Waals surface area contributed by atoms with Crippen molar-refractivity contribution in [1.82, 2.24) is 4.90 Å². The van der Waals surface area contributed by atoms with Gasteiger partial charge >= 0.3 is 0 Å². The third kappa shape index (κ3) is 4.52. The highest BCUT2D eigenvalue weighted by Gasteiger charge is 2.44. The lowest BCUT2D eigenvalue weighted by molar-refractivity contribution is -0.104. The van der Waals surface area contributed by atoms with Gasteiger partial charge in [0, 0.05) is 35.3 Å². The molecular formula is C22H29BrF2N2O2. The molecular weight excluding hydrogens is 442 g/mol. The molecule has 1 aromatic rings. The SMILES string of the molecule is COCC(F)(F)CN1[C@H](C)Cc2c(ccc(N)c2C)[C@H]1C1CC=C(Br)C=C1OC. The highest BCUT2D eigenvalue weighted by molar-refractivity contribution is 9.11. The van der Waals surface area contributed by atoms with Gasteiger partial charge in [-0.25, -0.2) is 8.78 Å². The van der Waals surface area contributed by atoms with Crippen LogP contribution >= 0.6 is 15.9 Å². The Morgan fingerprint density at radius 2 is 2.03 bits per heavy atom. The summed E-state index contributed by atoms with van der Waals surface area (Å²) in [5, 5.41) is 0. The van der Waals surface area contributed by atoms with Crippen LogP contribution in [0.3, 0.4) is 0 Å². The molecule has 1 aromatic carbocycles. The summed E-state index contributed by atoms with van der Waals surface area (Å²) in [6.07, 6.45) is 5.39. The van der Waals surface area contributed by atoms with Gasteiger partial charge in [0.15, 0.2) is 0 Å². The van der Waals surface area contributed by atoms with Crippen LogP contribution in [0.4, 0.5) is 14.5 Å². The molecule has 4 nitrogen and oxygen atoms in total. The van der Waals surface area contributed by atoms with E-state index < -0.39 is 12.5 Å². The molecule has 3 atom stereocenters. The smallest absolute Gasteiger partial charge is 0.283 e. The minimum atomic E-state index is -2.94. The second-order valence-corrected chi connectivity index (χ2v) is 8.90. The average Bonchev–Trinajstić information content (AvgIpc) is 2.66. The van der Waals surface area contributed by atoms with E-state index in [1.807, 2.05) is 37.0 Å². The van der Waals surface area contributed by atoms with Crippen LogP contribution in [-0.4, -0.2) is 44.2 Å². The van der Waals surface area contributed by atoms with Crippen molar-refractivity contribution < 1.29 is 18.3 Å². The number of nitrogen functional groups attached to an aromatic ring is 1. The number of rotatable bonds is 6. The van der Waals surface area contributed by atoms with Crippen molar-refractivity contribution in [1.29, 1.82) is 0 Å². The molecule has 7 heteroatoms. The Hall–Kier alpha value is -1.44. The molecule has 3 rings (SSSR count). The van der Waals surface area contributed by atoms with Gasteiger partial charge in [0.2, 0.25) is 0 Å². The molecule has 0 saturated heterocycles. The molecule has 2 N–H and O–H groups in total. The van der Waals surface area contributed by atoms with Crippen LogP contribution in [0.25, 0.3) is 0 Å². The van der Waals surface area contributed by atoms with Gasteiger partial charge in [-0.1, -0.05) is 28.1 Å². The van der Waals surface area contributed by atoms with Crippen molar-refractivity contribution in [2.45, 2.75) is 44.7 Å². The summed E-state index contributed by atoms with van der Waals surface area (Å²) in [5.41, 5.74) is 10.2. The number of ether oxygens (including phenoxy) is 2. The Morgan fingerprint density at radius 1 is 1.31 bits per heavy atom. The summed E-state index contributed by atoms with van der Waals surface area (Å²) in [6.45, 7) is 3.05. The number of benzene rings is 1. The molecule has 0 bridgehead atoms. The van der Waals surface area contributed by atoms with E-state index >= 15 is 0 Å². The molecule has 0 spiro atoms. The van der Waals surface area contributed by atoms with Gasteiger partial charge in [0.05, 0.1) is 13.7 Å². The maximum atomic E-state index is 14.6. The third-order valence-electron chi connectivity index (χ3n) is 6.02. The normalized spacial score (nSPS) is 25.3. The van der Waals surface area contributed by atoms with E-state index in [0.717, 1.165) is 32.6 Å². The average molecular weight is 471 g/mol. The standard InChI is InChI=1S/C22H29BrF2N2O2/c1-13-9-18-14(2)19(26)8-7-16(18)21(27(13)11-22(24,25)12-28-3)17-6-5-15(23)10-20(17)29-4/h5,7-8,10,13,17,21H,6,9,11-12,26H2,1-4H3/t13-,17?,21+/m1/s1. The topological polar surface area (TPSA) is 47.7 Å². The Bertz CT molecular complexity index is 825. The van der Waals surface area contributed by atoms with E-state index in [4.69, 9.17) is 15.2 Å². The van der Waals surface area contributed by atoms with Crippen LogP contribution in [0.15, 0.2) is 34.5 Å². The summed E-state index contributed by atoms with van der Waals surface area (Å²) < 4.78 is 40.7. The van der Waals surface area contributed by atoms with Crippen molar-refractivity contribution in [3.05, 3.63) is 51.2 Å². The highest BCUT2D eigenvalue weighted by Crippen LogP contribution is 2.46. The Kier molecular flexibility index (Phi) is 6.70. The van der Waals surface area contributed by atoms with Gasteiger partial charge in [-0.2, -0.15) is 0 Å². The molecule has 160 valence electrons. The van der Waals surface area contributed by atoms with Gasteiger partial charge < -0.3 is 15.2 Å². The molecule has 1 unspecified atom stereocenters. The fourth-order valence-corrected chi connectivity index (χ4v) is 5.00. The molecule has 1 aliphatic heterocycles. The minimum Gasteiger partial charge on any atom is -0.501 e. The van der Waals surface area contributed by atoms with E-state index in [-0.39, 0.29) is 24.5 Å². The van der Waals surface area contributed by atoms with Crippen LogP contribution in [0.2, 0.25) is 0 Å². The van der Waals surface area contributed by atoms with Gasteiger partial charge in [0.1, 0.15) is 12.4 Å². The van der Waals surface area contributed by atoms with E-state index in [1.54, 1.807) is 7.11 Å². The predicted octanol–water partition coefficient (Wildman–Crippen LogP) is 4.98. The molecule has 0 amide bonds. The summed E-state index contributed by atoms with van der Waals surface area (Å²) in [5.74, 6) is -2.22. The molecule has 0 aromatic heterocycles. The first-order valence-electron chi connectivity index (χ1n) is 9.80. The number of allylic oxidation sites excluding steroid dienone is 3. The summed E-state index contributed by atoms with van der Waals surface area (Å²) in [4.78, 5) is 1.92. The van der Waals surface area contributed by atoms with Crippen molar-refractivity contribution in [2.75, 3.05) is 33.1 Å². The number of fused-ring (bicyclic) bond motifs is 1. The van der Waals surface area contributed by atoms with Crippen LogP contribution in [0.5, 0.6) is 0 Å². The molecule has 29 heavy (non-hydrogen) atoms. The lowest BCUT2D eigenvalue weighted by Gasteiger charge is -2.47. The molecule has 0 fully saturated rings. The summed E-state index contributed by atoms with van der Waals surface area (Å²) in [7, 11) is 2.94. The molecule has 2 aliphatic rings. The number of nitrogens with zero attached hydrogens (tertiary/aromatic N) is 1. The van der Waals surface area contributed by atoms with Crippen LogP contribution in [-0.2, 0) is 15.9 Å². The monoisotopic (exact) mass is 470 g/mol. The predicted molar refractivity (Wildman–Crippen MR) is 115 cm³/mol. The molecule has 1 aliphatic carbocycles. The highest BCUT2D eigenvalue weighted by atomic mass is 79.9.